The molecular formula is C21H23ClN4O2. The number of aromatic amines is 1. The van der Waals surface area contributed by atoms with Crippen LogP contribution in [0.4, 0.5) is 5.69 Å². The Bertz CT molecular complexity index is 1000. The molecule has 2 N–H and O–H groups in total. The Hall–Kier alpha value is -2.70. The summed E-state index contributed by atoms with van der Waals surface area (Å²) in [6, 6.07) is 14.2. The molecule has 1 aromatic heterocycles. The average molecular weight is 399 g/mol. The van der Waals surface area contributed by atoms with E-state index in [4.69, 9.17) is 11.6 Å². The molecule has 7 heteroatoms. The zero-order valence-corrected chi connectivity index (χ0v) is 16.5. The van der Waals surface area contributed by atoms with Crippen LogP contribution in [0.25, 0.3) is 10.9 Å². The number of hydrogen-bond acceptors (Lipinski definition) is 4. The molecule has 0 fully saturated rings. The van der Waals surface area contributed by atoms with Crippen LogP contribution in [0.15, 0.2) is 53.3 Å². The number of H-pyrrole nitrogens is 1. The molecule has 0 atom stereocenters. The first-order chi connectivity index (χ1) is 13.5. The first kappa shape index (κ1) is 20.0. The molecular weight excluding hydrogens is 376 g/mol. The van der Waals surface area contributed by atoms with Crippen molar-refractivity contribution in [3.8, 4) is 0 Å². The molecule has 2 aromatic carbocycles. The van der Waals surface area contributed by atoms with Crippen molar-refractivity contribution in [2.75, 3.05) is 18.4 Å². The minimum Gasteiger partial charge on any atom is -0.325 e. The summed E-state index contributed by atoms with van der Waals surface area (Å²) in [4.78, 5) is 34.1. The van der Waals surface area contributed by atoms with Crippen molar-refractivity contribution in [3.63, 3.8) is 0 Å². The minimum absolute atomic E-state index is 0.124. The van der Waals surface area contributed by atoms with Gasteiger partial charge in [0.05, 0.1) is 24.0 Å². The maximum absolute atomic E-state index is 12.5. The summed E-state index contributed by atoms with van der Waals surface area (Å²) in [6.07, 6.45) is 1.96. The molecule has 0 aliphatic rings. The second-order valence-electron chi connectivity index (χ2n) is 6.65. The average Bonchev–Trinajstić information content (AvgIpc) is 2.68. The van der Waals surface area contributed by atoms with Gasteiger partial charge in [0.15, 0.2) is 0 Å². The number of amides is 1. The van der Waals surface area contributed by atoms with Crippen molar-refractivity contribution >= 4 is 34.1 Å². The molecule has 3 rings (SSSR count). The Balaban J connectivity index is 1.72. The standard InChI is InChI=1S/C21H23ClN4O2/c1-2-3-12-26(14-20(27)23-16-10-8-15(22)9-11-16)13-19-24-18-7-5-4-6-17(18)21(28)25-19/h4-11H,2-3,12-14H2,1H3,(H,23,27)(H,24,25,28). The van der Waals surface area contributed by atoms with Crippen molar-refractivity contribution in [3.05, 3.63) is 69.7 Å². The second kappa shape index (κ2) is 9.48. The van der Waals surface area contributed by atoms with Gasteiger partial charge >= 0.3 is 0 Å². The van der Waals surface area contributed by atoms with Gasteiger partial charge < -0.3 is 10.3 Å². The summed E-state index contributed by atoms with van der Waals surface area (Å²) in [5.74, 6) is 0.431. The lowest BCUT2D eigenvalue weighted by molar-refractivity contribution is -0.117. The van der Waals surface area contributed by atoms with Crippen molar-refractivity contribution in [1.82, 2.24) is 14.9 Å². The van der Waals surface area contributed by atoms with E-state index in [2.05, 4.69) is 22.2 Å². The fraction of sp³-hybridized carbons (Fsp3) is 0.286. The monoisotopic (exact) mass is 398 g/mol. The van der Waals surface area contributed by atoms with Crippen LogP contribution < -0.4 is 10.9 Å². The van der Waals surface area contributed by atoms with Crippen molar-refractivity contribution in [2.45, 2.75) is 26.3 Å². The highest BCUT2D eigenvalue weighted by Crippen LogP contribution is 2.14. The van der Waals surface area contributed by atoms with Crippen LogP contribution in [0, 0.1) is 0 Å². The van der Waals surface area contributed by atoms with Crippen molar-refractivity contribution in [1.29, 1.82) is 0 Å². The van der Waals surface area contributed by atoms with Crippen LogP contribution in [0.2, 0.25) is 5.02 Å². The number of halogens is 1. The van der Waals surface area contributed by atoms with Crippen molar-refractivity contribution in [2.24, 2.45) is 0 Å². The number of fused-ring (bicyclic) bond motifs is 1. The third-order valence-corrected chi connectivity index (χ3v) is 4.61. The Morgan fingerprint density at radius 2 is 1.93 bits per heavy atom. The molecule has 0 spiro atoms. The Morgan fingerprint density at radius 1 is 1.18 bits per heavy atom. The van der Waals surface area contributed by atoms with Crippen LogP contribution in [-0.2, 0) is 11.3 Å². The largest absolute Gasteiger partial charge is 0.325 e. The van der Waals surface area contributed by atoms with E-state index in [9.17, 15) is 9.59 Å². The summed E-state index contributed by atoms with van der Waals surface area (Å²) in [7, 11) is 0. The van der Waals surface area contributed by atoms with E-state index in [0.717, 1.165) is 19.4 Å². The fourth-order valence-corrected chi connectivity index (χ4v) is 3.08. The van der Waals surface area contributed by atoms with Gasteiger partial charge in [-0.05, 0) is 49.4 Å². The van der Waals surface area contributed by atoms with E-state index in [1.54, 1.807) is 30.3 Å². The van der Waals surface area contributed by atoms with E-state index in [0.29, 0.717) is 34.0 Å². The van der Waals surface area contributed by atoms with Gasteiger partial charge in [-0.3, -0.25) is 14.5 Å². The molecule has 146 valence electrons. The highest BCUT2D eigenvalue weighted by atomic mass is 35.5. The Kier molecular flexibility index (Phi) is 6.79. The lowest BCUT2D eigenvalue weighted by Gasteiger charge is -2.21. The molecule has 0 saturated carbocycles. The van der Waals surface area contributed by atoms with Gasteiger partial charge in [0.2, 0.25) is 5.91 Å². The molecule has 0 radical (unpaired) electrons. The molecule has 1 heterocycles. The van der Waals surface area contributed by atoms with Gasteiger partial charge in [-0.1, -0.05) is 37.1 Å². The number of para-hydroxylation sites is 1. The molecule has 3 aromatic rings. The van der Waals surface area contributed by atoms with Gasteiger partial charge in [0.1, 0.15) is 5.82 Å². The lowest BCUT2D eigenvalue weighted by Crippen LogP contribution is -2.34. The first-order valence-corrected chi connectivity index (χ1v) is 9.68. The van der Waals surface area contributed by atoms with E-state index < -0.39 is 0 Å². The number of nitrogens with one attached hydrogen (secondary N) is 2. The molecule has 0 aliphatic heterocycles. The van der Waals surface area contributed by atoms with Crippen LogP contribution in [-0.4, -0.2) is 33.9 Å². The van der Waals surface area contributed by atoms with Gasteiger partial charge in [0.25, 0.3) is 5.56 Å². The Labute approximate surface area is 168 Å². The van der Waals surface area contributed by atoms with E-state index in [1.165, 1.54) is 0 Å². The maximum atomic E-state index is 12.5. The number of benzene rings is 2. The smallest absolute Gasteiger partial charge is 0.258 e. The fourth-order valence-electron chi connectivity index (χ4n) is 2.95. The predicted octanol–water partition coefficient (Wildman–Crippen LogP) is 3.82. The van der Waals surface area contributed by atoms with Gasteiger partial charge in [-0.25, -0.2) is 4.98 Å². The van der Waals surface area contributed by atoms with E-state index in [-0.39, 0.29) is 18.0 Å². The number of carbonyl (C=O) groups excluding carboxylic acids is 1. The van der Waals surface area contributed by atoms with E-state index >= 15 is 0 Å². The summed E-state index contributed by atoms with van der Waals surface area (Å²) >= 11 is 5.88. The molecule has 28 heavy (non-hydrogen) atoms. The predicted molar refractivity (Wildman–Crippen MR) is 113 cm³/mol. The maximum Gasteiger partial charge on any atom is 0.258 e. The topological polar surface area (TPSA) is 78.1 Å². The zero-order chi connectivity index (χ0) is 19.9. The van der Waals surface area contributed by atoms with Crippen LogP contribution in [0.5, 0.6) is 0 Å². The van der Waals surface area contributed by atoms with Gasteiger partial charge in [-0.15, -0.1) is 0 Å². The summed E-state index contributed by atoms with van der Waals surface area (Å²) in [5.41, 5.74) is 1.19. The normalized spacial score (nSPS) is 11.1. The number of hydrogen-bond donors (Lipinski definition) is 2. The third kappa shape index (κ3) is 5.41. The van der Waals surface area contributed by atoms with Crippen molar-refractivity contribution < 1.29 is 4.79 Å². The summed E-state index contributed by atoms with van der Waals surface area (Å²) in [5, 5.41) is 4.05. The number of carbonyl (C=O) groups is 1. The van der Waals surface area contributed by atoms with Crippen LogP contribution in [0.3, 0.4) is 0 Å². The molecule has 1 amide bonds. The molecule has 0 aliphatic carbocycles. The number of aromatic nitrogens is 2. The highest BCUT2D eigenvalue weighted by Gasteiger charge is 2.13. The second-order valence-corrected chi connectivity index (χ2v) is 7.09. The molecule has 0 unspecified atom stereocenters. The highest BCUT2D eigenvalue weighted by molar-refractivity contribution is 6.30. The summed E-state index contributed by atoms with van der Waals surface area (Å²) < 4.78 is 0. The minimum atomic E-state index is -0.165. The molecule has 0 bridgehead atoms. The first-order valence-electron chi connectivity index (χ1n) is 9.31. The number of nitrogens with zero attached hydrogens (tertiary/aromatic N) is 2. The lowest BCUT2D eigenvalue weighted by atomic mass is 10.2. The third-order valence-electron chi connectivity index (χ3n) is 4.36. The summed E-state index contributed by atoms with van der Waals surface area (Å²) in [6.45, 7) is 3.44. The SMILES string of the molecule is CCCCN(CC(=O)Nc1ccc(Cl)cc1)Cc1nc2ccccc2c(=O)[nH]1. The van der Waals surface area contributed by atoms with E-state index in [1.807, 2.05) is 23.1 Å². The van der Waals surface area contributed by atoms with Crippen LogP contribution >= 0.6 is 11.6 Å². The van der Waals surface area contributed by atoms with Gasteiger partial charge in [-0.2, -0.15) is 0 Å². The Morgan fingerprint density at radius 3 is 2.68 bits per heavy atom. The van der Waals surface area contributed by atoms with Crippen LogP contribution in [0.1, 0.15) is 25.6 Å². The number of unbranched alkanes of at least 4 members (excludes halogenated alkanes) is 1. The molecule has 6 nitrogen and oxygen atoms in total. The number of anilines is 1. The quantitative estimate of drug-likeness (QED) is 0.604. The zero-order valence-electron chi connectivity index (χ0n) is 15.7. The number of rotatable bonds is 8. The molecule has 0 saturated heterocycles. The van der Waals surface area contributed by atoms with Gasteiger partial charge in [0, 0.05) is 10.7 Å².